The summed E-state index contributed by atoms with van der Waals surface area (Å²) in [6, 6.07) is 0.201. The predicted molar refractivity (Wildman–Crippen MR) is 32.8 cm³/mol. The Kier molecular flexibility index (Phi) is 1.71. The van der Waals surface area contributed by atoms with Crippen LogP contribution in [0.3, 0.4) is 0 Å². The van der Waals surface area contributed by atoms with Gasteiger partial charge in [-0.15, -0.1) is 0 Å². The van der Waals surface area contributed by atoms with Gasteiger partial charge >= 0.3 is 0 Å². The molecule has 1 rings (SSSR count). The number of aliphatic hydroxyl groups is 1. The van der Waals surface area contributed by atoms with Crippen LogP contribution in [0.2, 0.25) is 0 Å². The van der Waals surface area contributed by atoms with E-state index < -0.39 is 6.10 Å². The molecule has 0 aromatic carbocycles. The molecule has 1 heterocycles. The van der Waals surface area contributed by atoms with E-state index in [4.69, 9.17) is 5.11 Å². The monoisotopic (exact) mass is 129 g/mol. The van der Waals surface area contributed by atoms with Gasteiger partial charge in [-0.05, 0) is 6.42 Å². The van der Waals surface area contributed by atoms with Crippen molar-refractivity contribution < 1.29 is 9.90 Å². The summed E-state index contributed by atoms with van der Waals surface area (Å²) in [5.41, 5.74) is 0. The summed E-state index contributed by atoms with van der Waals surface area (Å²) in [4.78, 5) is 10.6. The van der Waals surface area contributed by atoms with E-state index in [0.717, 1.165) is 6.42 Å². The van der Waals surface area contributed by atoms with E-state index in [2.05, 4.69) is 5.32 Å². The van der Waals surface area contributed by atoms with Crippen LogP contribution in [0, 0.1) is 0 Å². The van der Waals surface area contributed by atoms with Gasteiger partial charge in [-0.1, -0.05) is 6.92 Å². The highest BCUT2D eigenvalue weighted by atomic mass is 16.3. The summed E-state index contributed by atoms with van der Waals surface area (Å²) in [5.74, 6) is -0.221. The smallest absolute Gasteiger partial charge is 0.249 e. The second-order valence-corrected chi connectivity index (χ2v) is 2.37. The molecule has 0 aliphatic carbocycles. The van der Waals surface area contributed by atoms with Crippen molar-refractivity contribution in [1.29, 1.82) is 0 Å². The average Bonchev–Trinajstić information content (AvgIpc) is 2.13. The number of hydrogen-bond acceptors (Lipinski definition) is 2. The number of amides is 1. The van der Waals surface area contributed by atoms with Gasteiger partial charge in [0.15, 0.2) is 0 Å². The maximum atomic E-state index is 10.6. The molecule has 1 saturated heterocycles. The molecule has 2 N–H and O–H groups in total. The van der Waals surface area contributed by atoms with Crippen molar-refractivity contribution in [2.45, 2.75) is 31.9 Å². The molecule has 0 bridgehead atoms. The minimum atomic E-state index is -0.755. The Bertz CT molecular complexity index is 124. The second-order valence-electron chi connectivity index (χ2n) is 2.37. The van der Waals surface area contributed by atoms with Crippen LogP contribution in [0.4, 0.5) is 0 Å². The topological polar surface area (TPSA) is 49.3 Å². The Hall–Kier alpha value is -0.570. The lowest BCUT2D eigenvalue weighted by Gasteiger charge is -2.02. The Morgan fingerprint density at radius 2 is 2.56 bits per heavy atom. The molecule has 52 valence electrons. The maximum absolute atomic E-state index is 10.6. The normalized spacial score (nSPS) is 34.7. The van der Waals surface area contributed by atoms with E-state index in [9.17, 15) is 4.79 Å². The van der Waals surface area contributed by atoms with Gasteiger partial charge in [-0.2, -0.15) is 0 Å². The van der Waals surface area contributed by atoms with Crippen molar-refractivity contribution in [2.24, 2.45) is 0 Å². The van der Waals surface area contributed by atoms with Crippen LogP contribution in [-0.4, -0.2) is 23.2 Å². The standard InChI is InChI=1S/C6H11NO2/c1-2-4-3-5(8)6(9)7-4/h4-5,8H,2-3H2,1H3,(H,7,9). The third kappa shape index (κ3) is 1.21. The van der Waals surface area contributed by atoms with Crippen molar-refractivity contribution in [3.05, 3.63) is 0 Å². The molecule has 0 radical (unpaired) electrons. The second kappa shape index (κ2) is 2.35. The number of aliphatic hydroxyl groups excluding tert-OH is 1. The molecule has 0 saturated carbocycles. The number of rotatable bonds is 1. The molecule has 0 spiro atoms. The first-order chi connectivity index (χ1) is 4.24. The van der Waals surface area contributed by atoms with Crippen molar-refractivity contribution in [1.82, 2.24) is 5.32 Å². The SMILES string of the molecule is CCC1CC(O)C(=O)N1. The Balaban J connectivity index is 2.44. The minimum absolute atomic E-state index is 0.201. The number of carbonyl (C=O) groups excluding carboxylic acids is 1. The molecule has 9 heavy (non-hydrogen) atoms. The minimum Gasteiger partial charge on any atom is -0.383 e. The molecule has 3 nitrogen and oxygen atoms in total. The fraction of sp³-hybridized carbons (Fsp3) is 0.833. The summed E-state index contributed by atoms with van der Waals surface area (Å²) in [5, 5.41) is 11.6. The number of hydrogen-bond donors (Lipinski definition) is 2. The van der Waals surface area contributed by atoms with Gasteiger partial charge in [-0.3, -0.25) is 4.79 Å². The van der Waals surface area contributed by atoms with Crippen molar-refractivity contribution in [3.8, 4) is 0 Å². The summed E-state index contributed by atoms with van der Waals surface area (Å²) in [6.45, 7) is 1.99. The Labute approximate surface area is 54.1 Å². The highest BCUT2D eigenvalue weighted by Crippen LogP contribution is 2.09. The molecular weight excluding hydrogens is 118 g/mol. The summed E-state index contributed by atoms with van der Waals surface area (Å²) in [6.07, 6.45) is 0.730. The van der Waals surface area contributed by atoms with Gasteiger partial charge in [-0.25, -0.2) is 0 Å². The van der Waals surface area contributed by atoms with E-state index in [1.807, 2.05) is 6.92 Å². The molecule has 1 aliphatic rings. The van der Waals surface area contributed by atoms with E-state index in [0.29, 0.717) is 6.42 Å². The van der Waals surface area contributed by atoms with Crippen LogP contribution < -0.4 is 5.32 Å². The first-order valence-electron chi connectivity index (χ1n) is 3.22. The average molecular weight is 129 g/mol. The van der Waals surface area contributed by atoms with Crippen LogP contribution >= 0.6 is 0 Å². The maximum Gasteiger partial charge on any atom is 0.249 e. The number of carbonyl (C=O) groups is 1. The largest absolute Gasteiger partial charge is 0.383 e. The van der Waals surface area contributed by atoms with Gasteiger partial charge in [0.1, 0.15) is 6.10 Å². The van der Waals surface area contributed by atoms with Crippen LogP contribution in [-0.2, 0) is 4.79 Å². The van der Waals surface area contributed by atoms with E-state index in [1.165, 1.54) is 0 Å². The van der Waals surface area contributed by atoms with Gasteiger partial charge < -0.3 is 10.4 Å². The molecule has 3 heteroatoms. The van der Waals surface area contributed by atoms with Crippen LogP contribution in [0.1, 0.15) is 19.8 Å². The first kappa shape index (κ1) is 6.55. The van der Waals surface area contributed by atoms with E-state index in [1.54, 1.807) is 0 Å². The Morgan fingerprint density at radius 1 is 1.89 bits per heavy atom. The van der Waals surface area contributed by atoms with Crippen molar-refractivity contribution in [2.75, 3.05) is 0 Å². The van der Waals surface area contributed by atoms with Crippen LogP contribution in [0.5, 0.6) is 0 Å². The lowest BCUT2D eigenvalue weighted by molar-refractivity contribution is -0.126. The van der Waals surface area contributed by atoms with Gasteiger partial charge in [0, 0.05) is 12.5 Å². The molecule has 1 aliphatic heterocycles. The summed E-state index contributed by atoms with van der Waals surface area (Å²) >= 11 is 0. The fourth-order valence-electron chi connectivity index (χ4n) is 1.00. The van der Waals surface area contributed by atoms with Crippen LogP contribution in [0.25, 0.3) is 0 Å². The zero-order valence-corrected chi connectivity index (χ0v) is 5.42. The molecule has 2 atom stereocenters. The summed E-state index contributed by atoms with van der Waals surface area (Å²) < 4.78 is 0. The molecule has 1 fully saturated rings. The lowest BCUT2D eigenvalue weighted by Crippen LogP contribution is -2.26. The third-order valence-corrected chi connectivity index (χ3v) is 1.65. The molecule has 2 unspecified atom stereocenters. The van der Waals surface area contributed by atoms with Crippen molar-refractivity contribution >= 4 is 5.91 Å². The predicted octanol–water partition coefficient (Wildman–Crippen LogP) is -0.354. The lowest BCUT2D eigenvalue weighted by atomic mass is 10.1. The molecule has 1 amide bonds. The van der Waals surface area contributed by atoms with Gasteiger partial charge in [0.25, 0.3) is 0 Å². The summed E-state index contributed by atoms with van der Waals surface area (Å²) in [7, 11) is 0. The third-order valence-electron chi connectivity index (χ3n) is 1.65. The molecular formula is C6H11NO2. The van der Waals surface area contributed by atoms with Gasteiger partial charge in [0.05, 0.1) is 0 Å². The highest BCUT2D eigenvalue weighted by molar-refractivity contribution is 5.83. The van der Waals surface area contributed by atoms with E-state index >= 15 is 0 Å². The van der Waals surface area contributed by atoms with Crippen molar-refractivity contribution in [3.63, 3.8) is 0 Å². The first-order valence-corrected chi connectivity index (χ1v) is 3.22. The zero-order chi connectivity index (χ0) is 6.85. The van der Waals surface area contributed by atoms with Crippen LogP contribution in [0.15, 0.2) is 0 Å². The van der Waals surface area contributed by atoms with E-state index in [-0.39, 0.29) is 11.9 Å². The van der Waals surface area contributed by atoms with Gasteiger partial charge in [0.2, 0.25) is 5.91 Å². The number of nitrogens with one attached hydrogen (secondary N) is 1. The molecule has 0 aromatic rings. The quantitative estimate of drug-likeness (QED) is 0.508. The zero-order valence-electron chi connectivity index (χ0n) is 5.42. The fourth-order valence-corrected chi connectivity index (χ4v) is 1.00. The Morgan fingerprint density at radius 3 is 2.78 bits per heavy atom. The molecule has 0 aromatic heterocycles. The highest BCUT2D eigenvalue weighted by Gasteiger charge is 2.28.